The number of rotatable bonds is 8. The Balaban J connectivity index is 1.50. The molecule has 0 radical (unpaired) electrons. The average molecular weight is 426 g/mol. The summed E-state index contributed by atoms with van der Waals surface area (Å²) in [6.45, 7) is -0.201. The topological polar surface area (TPSA) is 78.3 Å². The molecule has 1 aromatic carbocycles. The van der Waals surface area contributed by atoms with Gasteiger partial charge in [0.15, 0.2) is 23.9 Å². The van der Waals surface area contributed by atoms with E-state index >= 15 is 0 Å². The van der Waals surface area contributed by atoms with E-state index in [0.29, 0.717) is 13.0 Å². The number of halogens is 3. The van der Waals surface area contributed by atoms with Crippen molar-refractivity contribution in [1.82, 2.24) is 20.1 Å². The summed E-state index contributed by atoms with van der Waals surface area (Å²) in [5, 5.41) is 11.3. The number of nitrogens with zero attached hydrogens (tertiary/aromatic N) is 3. The SMILES string of the molecule is COc1cc(CCC(=O)NCc2nnc3n2CCCCC3)ccc1OCC(F)(F)F. The molecule has 0 fully saturated rings. The van der Waals surface area contributed by atoms with Crippen molar-refractivity contribution in [2.24, 2.45) is 0 Å². The summed E-state index contributed by atoms with van der Waals surface area (Å²) in [7, 11) is 1.35. The van der Waals surface area contributed by atoms with Gasteiger partial charge in [-0.3, -0.25) is 4.79 Å². The second kappa shape index (κ2) is 9.82. The van der Waals surface area contributed by atoms with Gasteiger partial charge in [-0.25, -0.2) is 0 Å². The second-order valence-electron chi connectivity index (χ2n) is 7.16. The monoisotopic (exact) mass is 426 g/mol. The smallest absolute Gasteiger partial charge is 0.422 e. The number of alkyl halides is 3. The summed E-state index contributed by atoms with van der Waals surface area (Å²) in [5.41, 5.74) is 0.762. The van der Waals surface area contributed by atoms with Crippen molar-refractivity contribution in [3.8, 4) is 11.5 Å². The molecule has 164 valence electrons. The van der Waals surface area contributed by atoms with Crippen LogP contribution in [-0.2, 0) is 30.7 Å². The van der Waals surface area contributed by atoms with Crippen LogP contribution in [0.4, 0.5) is 13.2 Å². The summed E-state index contributed by atoms with van der Waals surface area (Å²) in [6.07, 6.45) is 0.478. The Morgan fingerprint density at radius 1 is 1.20 bits per heavy atom. The molecule has 2 aromatic rings. The van der Waals surface area contributed by atoms with Gasteiger partial charge in [-0.2, -0.15) is 13.2 Å². The van der Waals surface area contributed by atoms with Gasteiger partial charge in [-0.05, 0) is 37.0 Å². The molecule has 2 heterocycles. The van der Waals surface area contributed by atoms with E-state index in [9.17, 15) is 18.0 Å². The number of nitrogens with one attached hydrogen (secondary N) is 1. The van der Waals surface area contributed by atoms with Crippen molar-refractivity contribution in [1.29, 1.82) is 0 Å². The number of hydrogen-bond acceptors (Lipinski definition) is 5. The number of carbonyl (C=O) groups excluding carboxylic acids is 1. The highest BCUT2D eigenvalue weighted by Gasteiger charge is 2.29. The highest BCUT2D eigenvalue weighted by atomic mass is 19.4. The molecule has 1 aliphatic rings. The summed E-state index contributed by atoms with van der Waals surface area (Å²) < 4.78 is 49.0. The van der Waals surface area contributed by atoms with Crippen molar-refractivity contribution in [3.05, 3.63) is 35.4 Å². The molecule has 0 atom stereocenters. The molecule has 7 nitrogen and oxygen atoms in total. The Labute approximate surface area is 172 Å². The second-order valence-corrected chi connectivity index (χ2v) is 7.16. The number of hydrogen-bond donors (Lipinski definition) is 1. The number of aromatic nitrogens is 3. The van der Waals surface area contributed by atoms with Gasteiger partial charge in [-0.15, -0.1) is 10.2 Å². The Morgan fingerprint density at radius 2 is 2.03 bits per heavy atom. The minimum Gasteiger partial charge on any atom is -0.493 e. The van der Waals surface area contributed by atoms with Crippen molar-refractivity contribution in [2.45, 2.75) is 57.8 Å². The molecule has 0 aliphatic carbocycles. The van der Waals surface area contributed by atoms with Crippen LogP contribution in [0, 0.1) is 0 Å². The van der Waals surface area contributed by atoms with E-state index in [1.165, 1.54) is 19.6 Å². The summed E-state index contributed by atoms with van der Waals surface area (Å²) in [4.78, 5) is 12.2. The van der Waals surface area contributed by atoms with Crippen LogP contribution in [0.1, 0.15) is 42.9 Å². The molecular weight excluding hydrogens is 401 g/mol. The summed E-state index contributed by atoms with van der Waals surface area (Å²) in [6, 6.07) is 4.63. The minimum absolute atomic E-state index is 0.00975. The average Bonchev–Trinajstić information content (AvgIpc) is 2.94. The molecule has 1 aliphatic heterocycles. The van der Waals surface area contributed by atoms with E-state index in [0.717, 1.165) is 43.0 Å². The number of benzene rings is 1. The molecule has 0 spiro atoms. The molecule has 0 bridgehead atoms. The van der Waals surface area contributed by atoms with Gasteiger partial charge in [0.1, 0.15) is 5.82 Å². The molecule has 0 saturated heterocycles. The number of ether oxygens (including phenoxy) is 2. The van der Waals surface area contributed by atoms with E-state index < -0.39 is 12.8 Å². The Morgan fingerprint density at radius 3 is 2.80 bits per heavy atom. The molecular formula is C20H25F3N4O3. The predicted octanol–water partition coefficient (Wildman–Crippen LogP) is 3.20. The van der Waals surface area contributed by atoms with E-state index in [-0.39, 0.29) is 23.8 Å². The maximum absolute atomic E-state index is 12.3. The molecule has 1 N–H and O–H groups in total. The first kappa shape index (κ1) is 21.9. The largest absolute Gasteiger partial charge is 0.493 e. The normalized spacial score (nSPS) is 14.0. The lowest BCUT2D eigenvalue weighted by Gasteiger charge is -2.13. The van der Waals surface area contributed by atoms with Crippen LogP contribution in [0.3, 0.4) is 0 Å². The lowest BCUT2D eigenvalue weighted by molar-refractivity contribution is -0.153. The number of methoxy groups -OCH3 is 1. The number of aryl methyl sites for hydroxylation is 2. The Bertz CT molecular complexity index is 867. The van der Waals surface area contributed by atoms with Gasteiger partial charge in [-0.1, -0.05) is 12.5 Å². The fourth-order valence-corrected chi connectivity index (χ4v) is 3.35. The van der Waals surface area contributed by atoms with Gasteiger partial charge < -0.3 is 19.4 Å². The van der Waals surface area contributed by atoms with Gasteiger partial charge >= 0.3 is 6.18 Å². The quantitative estimate of drug-likeness (QED) is 0.702. The van der Waals surface area contributed by atoms with Crippen LogP contribution in [-0.4, -0.2) is 40.6 Å². The van der Waals surface area contributed by atoms with E-state index in [1.807, 2.05) is 0 Å². The van der Waals surface area contributed by atoms with Crippen molar-refractivity contribution in [2.75, 3.05) is 13.7 Å². The predicted molar refractivity (Wildman–Crippen MR) is 102 cm³/mol. The molecule has 1 aromatic heterocycles. The zero-order valence-electron chi connectivity index (χ0n) is 16.8. The molecule has 10 heteroatoms. The molecule has 0 unspecified atom stereocenters. The van der Waals surface area contributed by atoms with Gasteiger partial charge in [0.25, 0.3) is 0 Å². The molecule has 1 amide bonds. The lowest BCUT2D eigenvalue weighted by atomic mass is 10.1. The fourth-order valence-electron chi connectivity index (χ4n) is 3.35. The fraction of sp³-hybridized carbons (Fsp3) is 0.550. The van der Waals surface area contributed by atoms with Crippen molar-refractivity contribution < 1.29 is 27.4 Å². The zero-order valence-corrected chi connectivity index (χ0v) is 16.8. The van der Waals surface area contributed by atoms with Gasteiger partial charge in [0.05, 0.1) is 13.7 Å². The first-order chi connectivity index (χ1) is 14.4. The number of amides is 1. The minimum atomic E-state index is -4.43. The summed E-state index contributed by atoms with van der Waals surface area (Å²) in [5.74, 6) is 1.79. The summed E-state index contributed by atoms with van der Waals surface area (Å²) >= 11 is 0. The van der Waals surface area contributed by atoms with Crippen LogP contribution < -0.4 is 14.8 Å². The van der Waals surface area contributed by atoms with Crippen LogP contribution in [0.2, 0.25) is 0 Å². The molecule has 0 saturated carbocycles. The zero-order chi connectivity index (χ0) is 21.6. The first-order valence-electron chi connectivity index (χ1n) is 9.90. The van der Waals surface area contributed by atoms with Crippen LogP contribution in [0.15, 0.2) is 18.2 Å². The highest BCUT2D eigenvalue weighted by Crippen LogP contribution is 2.30. The maximum atomic E-state index is 12.3. The third-order valence-electron chi connectivity index (χ3n) is 4.89. The first-order valence-corrected chi connectivity index (χ1v) is 9.90. The standard InChI is InChI=1S/C20H25F3N4O3/c1-29-16-11-14(6-8-15(16)30-13-20(21,22)23)7-9-19(28)24-12-18-26-25-17-5-3-2-4-10-27(17)18/h6,8,11H,2-5,7,9-10,12-13H2,1H3,(H,24,28). The van der Waals surface area contributed by atoms with E-state index in [2.05, 4.69) is 20.1 Å². The van der Waals surface area contributed by atoms with E-state index in [1.54, 1.807) is 12.1 Å². The third-order valence-corrected chi connectivity index (χ3v) is 4.89. The lowest BCUT2D eigenvalue weighted by Crippen LogP contribution is -2.25. The van der Waals surface area contributed by atoms with Crippen LogP contribution in [0.5, 0.6) is 11.5 Å². The van der Waals surface area contributed by atoms with Crippen molar-refractivity contribution in [3.63, 3.8) is 0 Å². The Hall–Kier alpha value is -2.78. The number of fused-ring (bicyclic) bond motifs is 1. The Kier molecular flexibility index (Phi) is 7.17. The molecule has 30 heavy (non-hydrogen) atoms. The molecule has 3 rings (SSSR count). The van der Waals surface area contributed by atoms with Gasteiger partial charge in [0.2, 0.25) is 5.91 Å². The van der Waals surface area contributed by atoms with Crippen LogP contribution in [0.25, 0.3) is 0 Å². The van der Waals surface area contributed by atoms with Crippen LogP contribution >= 0.6 is 0 Å². The van der Waals surface area contributed by atoms with E-state index in [4.69, 9.17) is 9.47 Å². The highest BCUT2D eigenvalue weighted by molar-refractivity contribution is 5.76. The third kappa shape index (κ3) is 6.11. The maximum Gasteiger partial charge on any atom is 0.422 e. The number of carbonyl (C=O) groups is 1. The van der Waals surface area contributed by atoms with Crippen molar-refractivity contribution >= 4 is 5.91 Å². The van der Waals surface area contributed by atoms with Gasteiger partial charge in [0, 0.05) is 19.4 Å².